The molecule has 0 aromatic heterocycles. The molecule has 1 atom stereocenters. The highest BCUT2D eigenvalue weighted by Gasteiger charge is 2.25. The van der Waals surface area contributed by atoms with Gasteiger partial charge in [-0.25, -0.2) is 4.39 Å². The number of halogens is 2. The molecular weight excluding hydrogens is 381 g/mol. The van der Waals surface area contributed by atoms with Gasteiger partial charge in [-0.05, 0) is 55.5 Å². The largest absolute Gasteiger partial charge is 0.492 e. The van der Waals surface area contributed by atoms with Crippen LogP contribution in [0, 0.1) is 5.82 Å². The minimum Gasteiger partial charge on any atom is -0.492 e. The van der Waals surface area contributed by atoms with Crippen LogP contribution in [-0.2, 0) is 4.79 Å². The molecule has 1 fully saturated rings. The van der Waals surface area contributed by atoms with Crippen LogP contribution in [0.25, 0.3) is 0 Å². The molecular formula is C21H25ClFN3O2. The summed E-state index contributed by atoms with van der Waals surface area (Å²) in [5, 5.41) is 3.54. The van der Waals surface area contributed by atoms with Gasteiger partial charge in [0.25, 0.3) is 0 Å². The number of carbonyl (C=O) groups is 1. The van der Waals surface area contributed by atoms with Crippen molar-refractivity contribution in [2.75, 3.05) is 44.6 Å². The molecule has 2 aromatic carbocycles. The number of hydrogen-bond donors (Lipinski definition) is 1. The lowest BCUT2D eigenvalue weighted by Crippen LogP contribution is -2.53. The Labute approximate surface area is 170 Å². The Kier molecular flexibility index (Phi) is 7.25. The van der Waals surface area contributed by atoms with E-state index in [0.717, 1.165) is 38.5 Å². The molecule has 28 heavy (non-hydrogen) atoms. The van der Waals surface area contributed by atoms with E-state index in [1.165, 1.54) is 12.1 Å². The Morgan fingerprint density at radius 2 is 1.75 bits per heavy atom. The first-order valence-corrected chi connectivity index (χ1v) is 9.80. The van der Waals surface area contributed by atoms with E-state index in [0.29, 0.717) is 17.3 Å². The maximum absolute atomic E-state index is 13.0. The minimum absolute atomic E-state index is 0.0777. The molecule has 1 saturated heterocycles. The van der Waals surface area contributed by atoms with Crippen molar-refractivity contribution in [2.24, 2.45) is 0 Å². The van der Waals surface area contributed by atoms with E-state index in [-0.39, 0.29) is 17.8 Å². The summed E-state index contributed by atoms with van der Waals surface area (Å²) >= 11 is 5.87. The number of rotatable bonds is 7. The molecule has 150 valence electrons. The predicted molar refractivity (Wildman–Crippen MR) is 109 cm³/mol. The van der Waals surface area contributed by atoms with Crippen molar-refractivity contribution in [3.05, 3.63) is 59.4 Å². The molecule has 3 rings (SSSR count). The summed E-state index contributed by atoms with van der Waals surface area (Å²) in [7, 11) is 0. The fourth-order valence-electron chi connectivity index (χ4n) is 3.14. The molecule has 1 aliphatic rings. The molecule has 1 aliphatic heterocycles. The number of nitrogens with zero attached hydrogens (tertiary/aromatic N) is 2. The molecule has 1 N–H and O–H groups in total. The summed E-state index contributed by atoms with van der Waals surface area (Å²) in [6.45, 7) is 6.77. The van der Waals surface area contributed by atoms with E-state index >= 15 is 0 Å². The number of amides is 1. The van der Waals surface area contributed by atoms with Crippen LogP contribution in [0.1, 0.15) is 6.92 Å². The van der Waals surface area contributed by atoms with Gasteiger partial charge in [-0.3, -0.25) is 14.6 Å². The van der Waals surface area contributed by atoms with Gasteiger partial charge < -0.3 is 10.1 Å². The van der Waals surface area contributed by atoms with Gasteiger partial charge in [0.15, 0.2) is 0 Å². The summed E-state index contributed by atoms with van der Waals surface area (Å²) in [5.74, 6) is 0.419. The monoisotopic (exact) mass is 405 g/mol. The van der Waals surface area contributed by atoms with Gasteiger partial charge in [0.05, 0.1) is 6.04 Å². The third-order valence-corrected chi connectivity index (χ3v) is 5.19. The molecule has 0 saturated carbocycles. The van der Waals surface area contributed by atoms with Crippen molar-refractivity contribution in [2.45, 2.75) is 13.0 Å². The van der Waals surface area contributed by atoms with Gasteiger partial charge in [0, 0.05) is 43.4 Å². The van der Waals surface area contributed by atoms with Crippen LogP contribution in [0.2, 0.25) is 5.02 Å². The van der Waals surface area contributed by atoms with Crippen molar-refractivity contribution in [1.29, 1.82) is 0 Å². The Morgan fingerprint density at radius 1 is 1.11 bits per heavy atom. The number of carbonyl (C=O) groups excluding carboxylic acids is 1. The summed E-state index contributed by atoms with van der Waals surface area (Å²) in [6.07, 6.45) is 0. The highest BCUT2D eigenvalue weighted by molar-refractivity contribution is 6.30. The highest BCUT2D eigenvalue weighted by Crippen LogP contribution is 2.16. The van der Waals surface area contributed by atoms with Crippen LogP contribution in [0.4, 0.5) is 10.1 Å². The van der Waals surface area contributed by atoms with Gasteiger partial charge in [-0.15, -0.1) is 0 Å². The summed E-state index contributed by atoms with van der Waals surface area (Å²) < 4.78 is 18.7. The van der Waals surface area contributed by atoms with Crippen molar-refractivity contribution in [3.63, 3.8) is 0 Å². The van der Waals surface area contributed by atoms with Crippen LogP contribution in [0.3, 0.4) is 0 Å². The third-order valence-electron chi connectivity index (χ3n) is 4.94. The van der Waals surface area contributed by atoms with Gasteiger partial charge >= 0.3 is 0 Å². The van der Waals surface area contributed by atoms with Crippen LogP contribution < -0.4 is 10.1 Å². The molecule has 0 bridgehead atoms. The van der Waals surface area contributed by atoms with Crippen LogP contribution >= 0.6 is 11.6 Å². The molecule has 0 spiro atoms. The highest BCUT2D eigenvalue weighted by atomic mass is 35.5. The maximum atomic E-state index is 13.0. The molecule has 0 radical (unpaired) electrons. The fraction of sp³-hybridized carbons (Fsp3) is 0.381. The van der Waals surface area contributed by atoms with Gasteiger partial charge in [-0.2, -0.15) is 0 Å². The zero-order valence-electron chi connectivity index (χ0n) is 15.9. The average Bonchev–Trinajstić information content (AvgIpc) is 2.71. The van der Waals surface area contributed by atoms with Crippen molar-refractivity contribution < 1.29 is 13.9 Å². The molecule has 1 amide bonds. The Balaban J connectivity index is 1.38. The van der Waals surface area contributed by atoms with Crippen molar-refractivity contribution in [1.82, 2.24) is 9.80 Å². The summed E-state index contributed by atoms with van der Waals surface area (Å²) in [6, 6.07) is 12.9. The van der Waals surface area contributed by atoms with Crippen molar-refractivity contribution in [3.8, 4) is 5.75 Å². The zero-order chi connectivity index (χ0) is 19.9. The third kappa shape index (κ3) is 5.92. The molecule has 0 aliphatic carbocycles. The van der Waals surface area contributed by atoms with E-state index in [1.807, 2.05) is 31.2 Å². The SMILES string of the molecule is CC(C(=O)Nc1ccc(F)cc1)N1CCN(CCOc2ccc(Cl)cc2)CC1. The first-order valence-electron chi connectivity index (χ1n) is 9.42. The smallest absolute Gasteiger partial charge is 0.241 e. The van der Waals surface area contributed by atoms with Crippen LogP contribution in [0.15, 0.2) is 48.5 Å². The Hall–Kier alpha value is -2.15. The average molecular weight is 406 g/mol. The number of benzene rings is 2. The molecule has 1 unspecified atom stereocenters. The zero-order valence-corrected chi connectivity index (χ0v) is 16.7. The van der Waals surface area contributed by atoms with E-state index in [9.17, 15) is 9.18 Å². The fourth-order valence-corrected chi connectivity index (χ4v) is 3.27. The second-order valence-electron chi connectivity index (χ2n) is 6.85. The van der Waals surface area contributed by atoms with Gasteiger partial charge in [0.1, 0.15) is 18.2 Å². The summed E-state index contributed by atoms with van der Waals surface area (Å²) in [5.41, 5.74) is 0.608. The van der Waals surface area contributed by atoms with Gasteiger partial charge in [-0.1, -0.05) is 11.6 Å². The lowest BCUT2D eigenvalue weighted by molar-refractivity contribution is -0.121. The minimum atomic E-state index is -0.317. The molecule has 5 nitrogen and oxygen atoms in total. The quantitative estimate of drug-likeness (QED) is 0.765. The first kappa shape index (κ1) is 20.6. The second kappa shape index (κ2) is 9.87. The van der Waals surface area contributed by atoms with Gasteiger partial charge in [0.2, 0.25) is 5.91 Å². The van der Waals surface area contributed by atoms with E-state index in [1.54, 1.807) is 12.1 Å². The number of nitrogens with one attached hydrogen (secondary N) is 1. The molecule has 1 heterocycles. The molecule has 7 heteroatoms. The Morgan fingerprint density at radius 3 is 2.39 bits per heavy atom. The van der Waals surface area contributed by atoms with E-state index in [4.69, 9.17) is 16.3 Å². The predicted octanol–water partition coefficient (Wildman–Crippen LogP) is 3.50. The van der Waals surface area contributed by atoms with Crippen molar-refractivity contribution >= 4 is 23.2 Å². The number of hydrogen-bond acceptors (Lipinski definition) is 4. The first-order chi connectivity index (χ1) is 13.5. The number of anilines is 1. The number of piperazine rings is 1. The standard InChI is InChI=1S/C21H25ClFN3O2/c1-16(21(27)24-19-6-4-18(23)5-7-19)26-12-10-25(11-13-26)14-15-28-20-8-2-17(22)3-9-20/h2-9,16H,10-15H2,1H3,(H,24,27). The van der Waals surface area contributed by atoms with Crippen LogP contribution in [0.5, 0.6) is 5.75 Å². The van der Waals surface area contributed by atoms with Crippen LogP contribution in [-0.4, -0.2) is 61.1 Å². The Bertz CT molecular complexity index is 762. The van der Waals surface area contributed by atoms with E-state index < -0.39 is 0 Å². The number of ether oxygens (including phenoxy) is 1. The molecule has 2 aromatic rings. The topological polar surface area (TPSA) is 44.8 Å². The van der Waals surface area contributed by atoms with E-state index in [2.05, 4.69) is 15.1 Å². The second-order valence-corrected chi connectivity index (χ2v) is 7.29. The maximum Gasteiger partial charge on any atom is 0.241 e. The summed E-state index contributed by atoms with van der Waals surface area (Å²) in [4.78, 5) is 16.9. The lowest BCUT2D eigenvalue weighted by atomic mass is 10.2. The normalized spacial score (nSPS) is 16.5. The lowest BCUT2D eigenvalue weighted by Gasteiger charge is -2.37.